The smallest absolute Gasteiger partial charge is 0.0838 e. The highest BCUT2D eigenvalue weighted by Crippen LogP contribution is 2.32. The van der Waals surface area contributed by atoms with Crippen molar-refractivity contribution in [2.75, 3.05) is 7.05 Å². The second-order valence-electron chi connectivity index (χ2n) is 5.04. The number of aliphatic hydroxyl groups is 1. The van der Waals surface area contributed by atoms with Crippen molar-refractivity contribution in [2.45, 2.75) is 33.4 Å². The van der Waals surface area contributed by atoms with Crippen LogP contribution in [0, 0.1) is 5.41 Å². The van der Waals surface area contributed by atoms with Crippen LogP contribution in [0.3, 0.4) is 0 Å². The molecular formula is C13H21NO. The van der Waals surface area contributed by atoms with Gasteiger partial charge in [-0.05, 0) is 23.6 Å². The highest BCUT2D eigenvalue weighted by atomic mass is 16.3. The zero-order chi connectivity index (χ0) is 11.5. The Balaban J connectivity index is 2.90. The van der Waals surface area contributed by atoms with Gasteiger partial charge >= 0.3 is 0 Å². The maximum absolute atomic E-state index is 10.1. The number of hydrogen-bond acceptors (Lipinski definition) is 2. The summed E-state index contributed by atoms with van der Waals surface area (Å²) in [5.41, 5.74) is 2.09. The molecule has 0 saturated carbocycles. The van der Waals surface area contributed by atoms with Crippen LogP contribution in [0.1, 0.15) is 38.0 Å². The van der Waals surface area contributed by atoms with Crippen LogP contribution in [0.2, 0.25) is 0 Å². The highest BCUT2D eigenvalue weighted by molar-refractivity contribution is 5.26. The van der Waals surface area contributed by atoms with Crippen molar-refractivity contribution in [1.29, 1.82) is 0 Å². The molecule has 0 amide bonds. The quantitative estimate of drug-likeness (QED) is 0.798. The van der Waals surface area contributed by atoms with Gasteiger partial charge < -0.3 is 10.4 Å². The molecule has 2 nitrogen and oxygen atoms in total. The second kappa shape index (κ2) is 4.77. The molecular weight excluding hydrogens is 186 g/mol. The third-order valence-corrected chi connectivity index (χ3v) is 2.47. The van der Waals surface area contributed by atoms with Crippen molar-refractivity contribution in [3.8, 4) is 0 Å². The first kappa shape index (κ1) is 12.2. The first-order valence-corrected chi connectivity index (χ1v) is 5.36. The Labute approximate surface area is 92.3 Å². The minimum absolute atomic E-state index is 0.113. The Morgan fingerprint density at radius 3 is 2.53 bits per heavy atom. The summed E-state index contributed by atoms with van der Waals surface area (Å²) < 4.78 is 0. The van der Waals surface area contributed by atoms with E-state index >= 15 is 0 Å². The maximum Gasteiger partial charge on any atom is 0.0838 e. The molecule has 1 unspecified atom stereocenters. The topological polar surface area (TPSA) is 32.3 Å². The zero-order valence-corrected chi connectivity index (χ0v) is 10.0. The molecule has 15 heavy (non-hydrogen) atoms. The van der Waals surface area contributed by atoms with Gasteiger partial charge in [-0.2, -0.15) is 0 Å². The Bertz CT molecular complexity index is 315. The van der Waals surface area contributed by atoms with Gasteiger partial charge in [0.15, 0.2) is 0 Å². The van der Waals surface area contributed by atoms with E-state index in [2.05, 4.69) is 17.4 Å². The maximum atomic E-state index is 10.1. The molecule has 0 aliphatic heterocycles. The summed E-state index contributed by atoms with van der Waals surface area (Å²) >= 11 is 0. The largest absolute Gasteiger partial charge is 0.388 e. The molecule has 0 heterocycles. The summed E-state index contributed by atoms with van der Waals surface area (Å²) in [7, 11) is 1.92. The molecule has 0 fully saturated rings. The van der Waals surface area contributed by atoms with Gasteiger partial charge in [0.05, 0.1) is 6.10 Å². The summed E-state index contributed by atoms with van der Waals surface area (Å²) in [4.78, 5) is 0. The molecule has 2 heteroatoms. The lowest BCUT2D eigenvalue weighted by Crippen LogP contribution is -2.18. The van der Waals surface area contributed by atoms with Crippen LogP contribution in [0.25, 0.3) is 0 Å². The van der Waals surface area contributed by atoms with Gasteiger partial charge in [0.2, 0.25) is 0 Å². The average molecular weight is 207 g/mol. The van der Waals surface area contributed by atoms with E-state index in [1.165, 1.54) is 5.56 Å². The van der Waals surface area contributed by atoms with Crippen LogP contribution in [-0.2, 0) is 6.54 Å². The van der Waals surface area contributed by atoms with Crippen molar-refractivity contribution in [2.24, 2.45) is 5.41 Å². The Hall–Kier alpha value is -0.860. The number of aliphatic hydroxyl groups excluding tert-OH is 1. The Morgan fingerprint density at radius 2 is 2.00 bits per heavy atom. The molecule has 1 aromatic carbocycles. The fourth-order valence-corrected chi connectivity index (χ4v) is 1.58. The van der Waals surface area contributed by atoms with Crippen LogP contribution in [0.15, 0.2) is 24.3 Å². The molecule has 2 N–H and O–H groups in total. The number of rotatable bonds is 3. The SMILES string of the molecule is CNCc1cccc(C(O)C(C)(C)C)c1. The number of nitrogens with one attached hydrogen (secondary N) is 1. The lowest BCUT2D eigenvalue weighted by Gasteiger charge is -2.26. The molecule has 1 rings (SSSR count). The van der Waals surface area contributed by atoms with Crippen molar-refractivity contribution in [1.82, 2.24) is 5.32 Å². The molecule has 0 radical (unpaired) electrons. The van der Waals surface area contributed by atoms with Crippen LogP contribution >= 0.6 is 0 Å². The van der Waals surface area contributed by atoms with Crippen molar-refractivity contribution in [3.05, 3.63) is 35.4 Å². The van der Waals surface area contributed by atoms with E-state index in [4.69, 9.17) is 0 Å². The van der Waals surface area contributed by atoms with Crippen LogP contribution in [-0.4, -0.2) is 12.2 Å². The van der Waals surface area contributed by atoms with E-state index in [1.54, 1.807) is 0 Å². The molecule has 0 bridgehead atoms. The van der Waals surface area contributed by atoms with Gasteiger partial charge in [-0.1, -0.05) is 45.0 Å². The first-order chi connectivity index (χ1) is 6.95. The van der Waals surface area contributed by atoms with E-state index in [0.29, 0.717) is 0 Å². The van der Waals surface area contributed by atoms with Crippen LogP contribution in [0.4, 0.5) is 0 Å². The van der Waals surface area contributed by atoms with Crippen molar-refractivity contribution in [3.63, 3.8) is 0 Å². The van der Waals surface area contributed by atoms with Crippen molar-refractivity contribution < 1.29 is 5.11 Å². The van der Waals surface area contributed by atoms with Gasteiger partial charge in [-0.3, -0.25) is 0 Å². The molecule has 0 aliphatic rings. The van der Waals surface area contributed by atoms with Gasteiger partial charge in [0, 0.05) is 6.54 Å². The summed E-state index contributed by atoms with van der Waals surface area (Å²) in [6.45, 7) is 6.97. The third kappa shape index (κ3) is 3.33. The summed E-state index contributed by atoms with van der Waals surface area (Å²) in [6, 6.07) is 8.10. The number of benzene rings is 1. The predicted molar refractivity (Wildman–Crippen MR) is 63.6 cm³/mol. The van der Waals surface area contributed by atoms with Gasteiger partial charge in [-0.25, -0.2) is 0 Å². The summed E-state index contributed by atoms with van der Waals surface area (Å²) in [6.07, 6.45) is -0.408. The fraction of sp³-hybridized carbons (Fsp3) is 0.538. The van der Waals surface area contributed by atoms with E-state index in [1.807, 2.05) is 40.0 Å². The second-order valence-corrected chi connectivity index (χ2v) is 5.04. The monoisotopic (exact) mass is 207 g/mol. The van der Waals surface area contributed by atoms with E-state index in [9.17, 15) is 5.11 Å². The van der Waals surface area contributed by atoms with Crippen LogP contribution < -0.4 is 5.32 Å². The lowest BCUT2D eigenvalue weighted by molar-refractivity contribution is 0.0626. The molecule has 0 aromatic heterocycles. The van der Waals surface area contributed by atoms with Gasteiger partial charge in [0.25, 0.3) is 0 Å². The minimum atomic E-state index is -0.408. The van der Waals surface area contributed by atoms with Crippen molar-refractivity contribution >= 4 is 0 Å². The first-order valence-electron chi connectivity index (χ1n) is 5.36. The molecule has 84 valence electrons. The van der Waals surface area contributed by atoms with E-state index in [-0.39, 0.29) is 5.41 Å². The average Bonchev–Trinajstić information content (AvgIpc) is 2.16. The fourth-order valence-electron chi connectivity index (χ4n) is 1.58. The molecule has 1 atom stereocenters. The van der Waals surface area contributed by atoms with Gasteiger partial charge in [0.1, 0.15) is 0 Å². The zero-order valence-electron chi connectivity index (χ0n) is 10.0. The Kier molecular flexibility index (Phi) is 3.89. The standard InChI is InChI=1S/C13H21NO/c1-13(2,3)12(15)11-7-5-6-10(8-11)9-14-4/h5-8,12,14-15H,9H2,1-4H3. The predicted octanol–water partition coefficient (Wildman–Crippen LogP) is 2.49. The van der Waals surface area contributed by atoms with E-state index < -0.39 is 6.10 Å². The molecule has 1 aromatic rings. The number of hydrogen-bond donors (Lipinski definition) is 2. The minimum Gasteiger partial charge on any atom is -0.388 e. The summed E-state index contributed by atoms with van der Waals surface area (Å²) in [5, 5.41) is 13.2. The molecule has 0 aliphatic carbocycles. The van der Waals surface area contributed by atoms with Crippen LogP contribution in [0.5, 0.6) is 0 Å². The van der Waals surface area contributed by atoms with E-state index in [0.717, 1.165) is 12.1 Å². The Morgan fingerprint density at radius 1 is 1.33 bits per heavy atom. The summed E-state index contributed by atoms with van der Waals surface area (Å²) in [5.74, 6) is 0. The highest BCUT2D eigenvalue weighted by Gasteiger charge is 2.23. The molecule has 0 spiro atoms. The normalized spacial score (nSPS) is 13.9. The third-order valence-electron chi connectivity index (χ3n) is 2.47. The lowest BCUT2D eigenvalue weighted by atomic mass is 9.84. The van der Waals surface area contributed by atoms with Gasteiger partial charge in [-0.15, -0.1) is 0 Å². The molecule has 0 saturated heterocycles.